The molecule has 1 atom stereocenters. The van der Waals surface area contributed by atoms with Crippen molar-refractivity contribution in [3.8, 4) is 0 Å². The molecule has 102 valence electrons. The Balaban J connectivity index is 1.89. The number of hydrogen-bond donors (Lipinski definition) is 1. The number of aromatic nitrogens is 2. The van der Waals surface area contributed by atoms with Crippen LogP contribution in [0.5, 0.6) is 0 Å². The van der Waals surface area contributed by atoms with Crippen molar-refractivity contribution in [2.45, 2.75) is 25.8 Å². The topological polar surface area (TPSA) is 29.9 Å². The van der Waals surface area contributed by atoms with Crippen molar-refractivity contribution in [2.24, 2.45) is 7.05 Å². The Morgan fingerprint density at radius 1 is 1.32 bits per heavy atom. The minimum absolute atomic E-state index is 0.188. The minimum atomic E-state index is -0.188. The van der Waals surface area contributed by atoms with Gasteiger partial charge >= 0.3 is 0 Å². The molecule has 2 rings (SSSR count). The summed E-state index contributed by atoms with van der Waals surface area (Å²) in [5.41, 5.74) is 1.13. The summed E-state index contributed by atoms with van der Waals surface area (Å²) in [4.78, 5) is 4.30. The van der Waals surface area contributed by atoms with Gasteiger partial charge in [0, 0.05) is 38.4 Å². The van der Waals surface area contributed by atoms with Crippen LogP contribution >= 0.6 is 0 Å². The zero-order valence-electron chi connectivity index (χ0n) is 11.4. The zero-order chi connectivity index (χ0) is 13.7. The van der Waals surface area contributed by atoms with Crippen LogP contribution in [0.3, 0.4) is 0 Å². The van der Waals surface area contributed by atoms with Crippen molar-refractivity contribution >= 4 is 0 Å². The van der Waals surface area contributed by atoms with Crippen molar-refractivity contribution in [1.82, 2.24) is 14.9 Å². The van der Waals surface area contributed by atoms with E-state index < -0.39 is 0 Å². The molecule has 0 amide bonds. The maximum Gasteiger partial charge on any atom is 0.123 e. The SMILES string of the molecule is CCC(NCCc1nccn1C)c1ccc(F)cc1. The molecular formula is C15H20FN3. The number of benzene rings is 1. The molecule has 0 fully saturated rings. The Bertz CT molecular complexity index is 504. The van der Waals surface area contributed by atoms with Gasteiger partial charge in [0.2, 0.25) is 0 Å². The molecule has 2 aromatic rings. The largest absolute Gasteiger partial charge is 0.338 e. The molecule has 0 aliphatic carbocycles. The first-order valence-corrected chi connectivity index (χ1v) is 6.65. The summed E-state index contributed by atoms with van der Waals surface area (Å²) in [5, 5.41) is 3.49. The highest BCUT2D eigenvalue weighted by Crippen LogP contribution is 2.16. The van der Waals surface area contributed by atoms with Gasteiger partial charge in [0.1, 0.15) is 11.6 Å². The molecule has 1 heterocycles. The summed E-state index contributed by atoms with van der Waals surface area (Å²) in [6.07, 6.45) is 5.63. The molecule has 0 spiro atoms. The summed E-state index contributed by atoms with van der Waals surface area (Å²) in [6.45, 7) is 2.99. The molecule has 4 heteroatoms. The van der Waals surface area contributed by atoms with Crippen LogP contribution in [0.4, 0.5) is 4.39 Å². The molecule has 19 heavy (non-hydrogen) atoms. The van der Waals surface area contributed by atoms with E-state index in [1.807, 2.05) is 36.1 Å². The van der Waals surface area contributed by atoms with Crippen LogP contribution in [0, 0.1) is 5.82 Å². The lowest BCUT2D eigenvalue weighted by atomic mass is 10.0. The number of hydrogen-bond acceptors (Lipinski definition) is 2. The first-order valence-electron chi connectivity index (χ1n) is 6.65. The third-order valence-corrected chi connectivity index (χ3v) is 3.34. The summed E-state index contributed by atoms with van der Waals surface area (Å²) >= 11 is 0. The van der Waals surface area contributed by atoms with E-state index in [0.29, 0.717) is 0 Å². The Morgan fingerprint density at radius 2 is 2.05 bits per heavy atom. The molecule has 0 aliphatic rings. The summed E-state index contributed by atoms with van der Waals surface area (Å²) in [6, 6.07) is 6.98. The zero-order valence-corrected chi connectivity index (χ0v) is 11.4. The number of nitrogens with one attached hydrogen (secondary N) is 1. The van der Waals surface area contributed by atoms with Crippen molar-refractivity contribution in [2.75, 3.05) is 6.54 Å². The molecule has 0 saturated carbocycles. The van der Waals surface area contributed by atoms with E-state index >= 15 is 0 Å². The quantitative estimate of drug-likeness (QED) is 0.866. The van der Waals surface area contributed by atoms with Gasteiger partial charge in [-0.3, -0.25) is 0 Å². The molecule has 0 saturated heterocycles. The van der Waals surface area contributed by atoms with Gasteiger partial charge in [-0.1, -0.05) is 19.1 Å². The second-order valence-corrected chi connectivity index (χ2v) is 4.67. The van der Waals surface area contributed by atoms with Crippen LogP contribution in [-0.4, -0.2) is 16.1 Å². The van der Waals surface area contributed by atoms with Gasteiger partial charge < -0.3 is 9.88 Å². The van der Waals surface area contributed by atoms with Gasteiger partial charge in [0.25, 0.3) is 0 Å². The van der Waals surface area contributed by atoms with Crippen LogP contribution in [0.1, 0.15) is 30.8 Å². The van der Waals surface area contributed by atoms with Gasteiger partial charge in [-0.2, -0.15) is 0 Å². The fourth-order valence-electron chi connectivity index (χ4n) is 2.19. The lowest BCUT2D eigenvalue weighted by Crippen LogP contribution is -2.24. The summed E-state index contributed by atoms with van der Waals surface area (Å²) in [7, 11) is 2.00. The highest BCUT2D eigenvalue weighted by Gasteiger charge is 2.09. The monoisotopic (exact) mass is 261 g/mol. The Morgan fingerprint density at radius 3 is 2.63 bits per heavy atom. The third kappa shape index (κ3) is 3.64. The highest BCUT2D eigenvalue weighted by atomic mass is 19.1. The standard InChI is InChI=1S/C15H20FN3/c1-3-14(12-4-6-13(16)7-5-12)17-9-8-15-18-10-11-19(15)2/h4-7,10-11,14,17H,3,8-9H2,1-2H3. The maximum atomic E-state index is 12.9. The van der Waals surface area contributed by atoms with Crippen LogP contribution < -0.4 is 5.32 Å². The maximum absolute atomic E-state index is 12.9. The van der Waals surface area contributed by atoms with Crippen molar-refractivity contribution < 1.29 is 4.39 Å². The van der Waals surface area contributed by atoms with Crippen LogP contribution in [0.2, 0.25) is 0 Å². The highest BCUT2D eigenvalue weighted by molar-refractivity contribution is 5.19. The van der Waals surface area contributed by atoms with Gasteiger partial charge in [-0.15, -0.1) is 0 Å². The molecule has 0 aliphatic heterocycles. The molecular weight excluding hydrogens is 241 g/mol. The average Bonchev–Trinajstić information content (AvgIpc) is 2.82. The van der Waals surface area contributed by atoms with Gasteiger partial charge in [0.05, 0.1) is 0 Å². The Hall–Kier alpha value is -1.68. The molecule has 0 radical (unpaired) electrons. The number of halogens is 1. The van der Waals surface area contributed by atoms with E-state index in [1.54, 1.807) is 0 Å². The van der Waals surface area contributed by atoms with E-state index in [2.05, 4.69) is 17.2 Å². The first-order chi connectivity index (χ1) is 9.20. The molecule has 0 bridgehead atoms. The number of nitrogens with zero attached hydrogens (tertiary/aromatic N) is 2. The lowest BCUT2D eigenvalue weighted by Gasteiger charge is -2.17. The first kappa shape index (κ1) is 13.7. The van der Waals surface area contributed by atoms with E-state index in [4.69, 9.17) is 0 Å². The fourth-order valence-corrected chi connectivity index (χ4v) is 2.19. The van der Waals surface area contributed by atoms with E-state index in [0.717, 1.165) is 30.8 Å². The van der Waals surface area contributed by atoms with Crippen molar-refractivity contribution in [3.05, 3.63) is 53.9 Å². The number of aryl methyl sites for hydroxylation is 1. The fraction of sp³-hybridized carbons (Fsp3) is 0.400. The molecule has 1 aromatic heterocycles. The summed E-state index contributed by atoms with van der Waals surface area (Å²) < 4.78 is 14.9. The average molecular weight is 261 g/mol. The predicted octanol–water partition coefficient (Wildman–Crippen LogP) is 2.84. The molecule has 1 unspecified atom stereocenters. The predicted molar refractivity (Wildman–Crippen MR) is 74.3 cm³/mol. The second-order valence-electron chi connectivity index (χ2n) is 4.67. The van der Waals surface area contributed by atoms with Gasteiger partial charge in [-0.25, -0.2) is 9.37 Å². The van der Waals surface area contributed by atoms with Crippen LogP contribution in [-0.2, 0) is 13.5 Å². The Labute approximate surface area is 113 Å². The van der Waals surface area contributed by atoms with Crippen LogP contribution in [0.25, 0.3) is 0 Å². The lowest BCUT2D eigenvalue weighted by molar-refractivity contribution is 0.514. The van der Waals surface area contributed by atoms with Gasteiger partial charge in [0.15, 0.2) is 0 Å². The Kier molecular flexibility index (Phi) is 4.68. The minimum Gasteiger partial charge on any atom is -0.338 e. The third-order valence-electron chi connectivity index (χ3n) is 3.34. The van der Waals surface area contributed by atoms with Crippen molar-refractivity contribution in [1.29, 1.82) is 0 Å². The van der Waals surface area contributed by atoms with E-state index in [1.165, 1.54) is 12.1 Å². The van der Waals surface area contributed by atoms with Crippen LogP contribution in [0.15, 0.2) is 36.7 Å². The smallest absolute Gasteiger partial charge is 0.123 e. The molecule has 3 nitrogen and oxygen atoms in total. The van der Waals surface area contributed by atoms with E-state index in [-0.39, 0.29) is 11.9 Å². The van der Waals surface area contributed by atoms with Crippen molar-refractivity contribution in [3.63, 3.8) is 0 Å². The number of rotatable bonds is 6. The molecule has 1 aromatic carbocycles. The second kappa shape index (κ2) is 6.48. The number of imidazole rings is 1. The molecule has 1 N–H and O–H groups in total. The summed E-state index contributed by atoms with van der Waals surface area (Å²) in [5.74, 6) is 0.882. The van der Waals surface area contributed by atoms with E-state index in [9.17, 15) is 4.39 Å². The van der Waals surface area contributed by atoms with Gasteiger partial charge in [-0.05, 0) is 24.1 Å². The normalized spacial score (nSPS) is 12.6.